The Kier molecular flexibility index (Phi) is 3.01. The molecule has 20 heavy (non-hydrogen) atoms. The molecule has 0 unspecified atom stereocenters. The Balaban J connectivity index is 1.98. The Hall–Kier alpha value is -2.95. The molecule has 1 heterocycles. The first kappa shape index (κ1) is 12.1. The van der Waals surface area contributed by atoms with Crippen molar-refractivity contribution < 1.29 is 14.9 Å². The van der Waals surface area contributed by atoms with E-state index in [9.17, 15) is 10.2 Å². The molecule has 3 rings (SSSR count). The number of aromatic hydroxyl groups is 2. The number of phenols is 2. The summed E-state index contributed by atoms with van der Waals surface area (Å²) in [6.07, 6.45) is 1.61. The zero-order valence-electron chi connectivity index (χ0n) is 10.4. The van der Waals surface area contributed by atoms with Crippen LogP contribution < -0.4 is 4.74 Å². The van der Waals surface area contributed by atoms with Gasteiger partial charge in [0.05, 0.1) is 6.20 Å². The molecule has 0 saturated heterocycles. The van der Waals surface area contributed by atoms with E-state index < -0.39 is 0 Å². The Bertz CT molecular complexity index is 723. The third-order valence-corrected chi connectivity index (χ3v) is 2.81. The summed E-state index contributed by atoms with van der Waals surface area (Å²) in [7, 11) is 0. The number of rotatable bonds is 3. The number of ether oxygens (including phenoxy) is 1. The van der Waals surface area contributed by atoms with Crippen molar-refractivity contribution in [2.24, 2.45) is 0 Å². The molecule has 0 aliphatic heterocycles. The van der Waals surface area contributed by atoms with Gasteiger partial charge in [-0.3, -0.25) is 5.10 Å². The van der Waals surface area contributed by atoms with Gasteiger partial charge in [0.25, 0.3) is 0 Å². The summed E-state index contributed by atoms with van der Waals surface area (Å²) >= 11 is 0. The van der Waals surface area contributed by atoms with Crippen LogP contribution in [0.5, 0.6) is 23.0 Å². The van der Waals surface area contributed by atoms with Gasteiger partial charge >= 0.3 is 0 Å². The molecule has 0 amide bonds. The van der Waals surface area contributed by atoms with Gasteiger partial charge in [-0.25, -0.2) is 0 Å². The number of aromatic amines is 1. The van der Waals surface area contributed by atoms with Crippen molar-refractivity contribution >= 4 is 0 Å². The molecule has 0 saturated carbocycles. The number of aromatic nitrogens is 2. The molecule has 0 fully saturated rings. The molecule has 0 spiro atoms. The molecule has 3 aromatic rings. The summed E-state index contributed by atoms with van der Waals surface area (Å²) in [5, 5.41) is 26.0. The second-order valence-electron chi connectivity index (χ2n) is 4.21. The van der Waals surface area contributed by atoms with Crippen LogP contribution in [0.3, 0.4) is 0 Å². The second-order valence-corrected chi connectivity index (χ2v) is 4.21. The molecule has 1 aromatic heterocycles. The average Bonchev–Trinajstić information content (AvgIpc) is 2.88. The maximum atomic E-state index is 9.88. The fourth-order valence-corrected chi connectivity index (χ4v) is 1.89. The molecule has 2 aromatic carbocycles. The van der Waals surface area contributed by atoms with Gasteiger partial charge in [-0.15, -0.1) is 0 Å². The second kappa shape index (κ2) is 4.97. The van der Waals surface area contributed by atoms with E-state index in [2.05, 4.69) is 10.2 Å². The number of hydrogen-bond donors (Lipinski definition) is 3. The molecule has 3 N–H and O–H groups in total. The largest absolute Gasteiger partial charge is 0.508 e. The number of nitrogens with one attached hydrogen (secondary N) is 1. The van der Waals surface area contributed by atoms with E-state index in [1.807, 2.05) is 30.3 Å². The first-order valence-electron chi connectivity index (χ1n) is 6.03. The van der Waals surface area contributed by atoms with Crippen LogP contribution in [0.15, 0.2) is 54.7 Å². The van der Waals surface area contributed by atoms with Gasteiger partial charge in [0, 0.05) is 11.6 Å². The van der Waals surface area contributed by atoms with Crippen LogP contribution in [0.25, 0.3) is 11.3 Å². The van der Waals surface area contributed by atoms with Crippen LogP contribution in [0.1, 0.15) is 0 Å². The molecule has 0 radical (unpaired) electrons. The SMILES string of the molecule is Oc1ccc(-c2n[nH]cc2Oc2ccccc2)c(O)c1. The Morgan fingerprint density at radius 3 is 2.55 bits per heavy atom. The summed E-state index contributed by atoms with van der Waals surface area (Å²) in [6.45, 7) is 0. The lowest BCUT2D eigenvalue weighted by atomic mass is 10.1. The number of nitrogens with zero attached hydrogens (tertiary/aromatic N) is 1. The van der Waals surface area contributed by atoms with E-state index in [-0.39, 0.29) is 11.5 Å². The average molecular weight is 268 g/mol. The predicted octanol–water partition coefficient (Wildman–Crippen LogP) is 3.28. The van der Waals surface area contributed by atoms with Crippen molar-refractivity contribution in [3.63, 3.8) is 0 Å². The van der Waals surface area contributed by atoms with Gasteiger partial charge in [-0.1, -0.05) is 18.2 Å². The quantitative estimate of drug-likeness (QED) is 0.681. The number of H-pyrrole nitrogens is 1. The standard InChI is InChI=1S/C15H12N2O3/c18-10-6-7-12(13(19)8-10)15-14(9-16-17-15)20-11-4-2-1-3-5-11/h1-9,18-19H,(H,16,17). The molecule has 5 nitrogen and oxygen atoms in total. The minimum atomic E-state index is -0.0602. The summed E-state index contributed by atoms with van der Waals surface area (Å²) in [6, 6.07) is 13.6. The number of phenolic OH excluding ortho intramolecular Hbond substituents is 2. The van der Waals surface area contributed by atoms with Crippen LogP contribution in [0.2, 0.25) is 0 Å². The maximum absolute atomic E-state index is 9.88. The molecule has 0 bridgehead atoms. The molecule has 0 atom stereocenters. The highest BCUT2D eigenvalue weighted by Crippen LogP contribution is 2.37. The first-order chi connectivity index (χ1) is 9.74. The summed E-state index contributed by atoms with van der Waals surface area (Å²) in [5.74, 6) is 1.10. The Morgan fingerprint density at radius 1 is 1.00 bits per heavy atom. The Labute approximate surface area is 115 Å². The molecule has 5 heteroatoms. The van der Waals surface area contributed by atoms with Gasteiger partial charge < -0.3 is 14.9 Å². The summed E-state index contributed by atoms with van der Waals surface area (Å²) < 4.78 is 5.72. The lowest BCUT2D eigenvalue weighted by Gasteiger charge is -2.07. The van der Waals surface area contributed by atoms with Crippen molar-refractivity contribution in [3.05, 3.63) is 54.7 Å². The van der Waals surface area contributed by atoms with Gasteiger partial charge in [0.15, 0.2) is 5.75 Å². The monoisotopic (exact) mass is 268 g/mol. The molecule has 100 valence electrons. The summed E-state index contributed by atoms with van der Waals surface area (Å²) in [5.41, 5.74) is 0.960. The maximum Gasteiger partial charge on any atom is 0.173 e. The fraction of sp³-hybridized carbons (Fsp3) is 0. The van der Waals surface area contributed by atoms with E-state index in [4.69, 9.17) is 4.74 Å². The topological polar surface area (TPSA) is 78.4 Å². The lowest BCUT2D eigenvalue weighted by molar-refractivity contribution is 0.450. The van der Waals surface area contributed by atoms with Gasteiger partial charge in [-0.2, -0.15) is 5.10 Å². The van der Waals surface area contributed by atoms with E-state index >= 15 is 0 Å². The summed E-state index contributed by atoms with van der Waals surface area (Å²) in [4.78, 5) is 0. The van der Waals surface area contributed by atoms with Crippen LogP contribution in [0.4, 0.5) is 0 Å². The van der Waals surface area contributed by atoms with E-state index in [1.54, 1.807) is 12.3 Å². The minimum absolute atomic E-state index is 0.00712. The molecule has 0 aliphatic rings. The van der Waals surface area contributed by atoms with E-state index in [1.165, 1.54) is 12.1 Å². The predicted molar refractivity (Wildman–Crippen MR) is 73.9 cm³/mol. The first-order valence-corrected chi connectivity index (χ1v) is 6.03. The van der Waals surface area contributed by atoms with Crippen molar-refractivity contribution in [3.8, 4) is 34.3 Å². The smallest absolute Gasteiger partial charge is 0.173 e. The van der Waals surface area contributed by atoms with Crippen LogP contribution in [-0.4, -0.2) is 20.4 Å². The normalized spacial score (nSPS) is 10.4. The van der Waals surface area contributed by atoms with Crippen LogP contribution in [-0.2, 0) is 0 Å². The number of para-hydroxylation sites is 1. The highest BCUT2D eigenvalue weighted by molar-refractivity contribution is 5.72. The van der Waals surface area contributed by atoms with Gasteiger partial charge in [0.1, 0.15) is 22.9 Å². The van der Waals surface area contributed by atoms with Crippen LogP contribution in [0, 0.1) is 0 Å². The van der Waals surface area contributed by atoms with Crippen molar-refractivity contribution in [2.45, 2.75) is 0 Å². The third-order valence-electron chi connectivity index (χ3n) is 2.81. The number of hydrogen-bond acceptors (Lipinski definition) is 4. The van der Waals surface area contributed by atoms with E-state index in [0.29, 0.717) is 22.8 Å². The zero-order valence-corrected chi connectivity index (χ0v) is 10.4. The van der Waals surface area contributed by atoms with Gasteiger partial charge in [-0.05, 0) is 24.3 Å². The lowest BCUT2D eigenvalue weighted by Crippen LogP contribution is -1.86. The van der Waals surface area contributed by atoms with Crippen LogP contribution >= 0.6 is 0 Å². The highest BCUT2D eigenvalue weighted by Gasteiger charge is 2.14. The molecular formula is C15H12N2O3. The third kappa shape index (κ3) is 2.29. The van der Waals surface area contributed by atoms with Crippen molar-refractivity contribution in [1.82, 2.24) is 10.2 Å². The van der Waals surface area contributed by atoms with Gasteiger partial charge in [0.2, 0.25) is 0 Å². The molecule has 0 aliphatic carbocycles. The van der Waals surface area contributed by atoms with E-state index in [0.717, 1.165) is 0 Å². The minimum Gasteiger partial charge on any atom is -0.508 e. The molecular weight excluding hydrogens is 256 g/mol. The highest BCUT2D eigenvalue weighted by atomic mass is 16.5. The van der Waals surface area contributed by atoms with Crippen molar-refractivity contribution in [1.29, 1.82) is 0 Å². The number of benzene rings is 2. The van der Waals surface area contributed by atoms with Crippen molar-refractivity contribution in [2.75, 3.05) is 0 Å². The fourth-order valence-electron chi connectivity index (χ4n) is 1.89. The zero-order chi connectivity index (χ0) is 13.9. The Morgan fingerprint density at radius 2 is 1.80 bits per heavy atom.